The minimum absolute atomic E-state index is 0. The standard InChI is InChI=1S/C17H25F2N3OS.ClH/c1-20-9-6-13-7-10-22(11-8-13)12-16(23)21-14-2-4-15(5-3-14)24-17(18)19;/h2-5,13,17,20H,6-12H2,1H3,(H,21,23);1H. The van der Waals surface area contributed by atoms with Crippen LogP contribution in [0.5, 0.6) is 0 Å². The zero-order valence-electron chi connectivity index (χ0n) is 14.3. The molecule has 1 aliphatic heterocycles. The zero-order chi connectivity index (χ0) is 17.4. The lowest BCUT2D eigenvalue weighted by Crippen LogP contribution is -2.39. The van der Waals surface area contributed by atoms with Crippen LogP contribution in [-0.2, 0) is 4.79 Å². The molecule has 1 fully saturated rings. The third kappa shape index (κ3) is 8.35. The Bertz CT molecular complexity index is 511. The summed E-state index contributed by atoms with van der Waals surface area (Å²) in [5, 5.41) is 6.01. The lowest BCUT2D eigenvalue weighted by molar-refractivity contribution is -0.117. The molecule has 8 heteroatoms. The fourth-order valence-electron chi connectivity index (χ4n) is 2.91. The average molecular weight is 394 g/mol. The van der Waals surface area contributed by atoms with Crippen molar-refractivity contribution in [1.82, 2.24) is 10.2 Å². The van der Waals surface area contributed by atoms with Crippen molar-refractivity contribution in [2.45, 2.75) is 29.9 Å². The summed E-state index contributed by atoms with van der Waals surface area (Å²) in [6, 6.07) is 6.51. The second-order valence-corrected chi connectivity index (χ2v) is 7.13. The van der Waals surface area contributed by atoms with E-state index < -0.39 is 5.76 Å². The van der Waals surface area contributed by atoms with Crippen LogP contribution in [0.2, 0.25) is 0 Å². The van der Waals surface area contributed by atoms with Crippen molar-refractivity contribution in [3.05, 3.63) is 24.3 Å². The Morgan fingerprint density at radius 3 is 2.48 bits per heavy atom. The predicted molar refractivity (Wildman–Crippen MR) is 102 cm³/mol. The number of benzene rings is 1. The molecule has 0 unspecified atom stereocenters. The highest BCUT2D eigenvalue weighted by molar-refractivity contribution is 7.99. The second kappa shape index (κ2) is 11.7. The molecule has 1 aromatic rings. The van der Waals surface area contributed by atoms with Crippen molar-refractivity contribution < 1.29 is 13.6 Å². The first kappa shape index (κ1) is 22.2. The number of thioether (sulfide) groups is 1. The zero-order valence-corrected chi connectivity index (χ0v) is 16.0. The van der Waals surface area contributed by atoms with E-state index in [0.717, 1.165) is 38.4 Å². The van der Waals surface area contributed by atoms with Gasteiger partial charge in [-0.1, -0.05) is 11.8 Å². The summed E-state index contributed by atoms with van der Waals surface area (Å²) in [4.78, 5) is 14.8. The van der Waals surface area contributed by atoms with Crippen molar-refractivity contribution in [1.29, 1.82) is 0 Å². The van der Waals surface area contributed by atoms with Gasteiger partial charge in [-0.05, 0) is 76.1 Å². The topological polar surface area (TPSA) is 44.4 Å². The van der Waals surface area contributed by atoms with Gasteiger partial charge in [0.15, 0.2) is 0 Å². The molecule has 1 aliphatic rings. The Labute approximate surface area is 158 Å². The van der Waals surface area contributed by atoms with Crippen LogP contribution in [0.4, 0.5) is 14.5 Å². The number of halogens is 3. The molecule has 25 heavy (non-hydrogen) atoms. The first-order valence-electron chi connectivity index (χ1n) is 8.28. The van der Waals surface area contributed by atoms with Crippen molar-refractivity contribution in [3.8, 4) is 0 Å². The van der Waals surface area contributed by atoms with Gasteiger partial charge in [0, 0.05) is 10.6 Å². The monoisotopic (exact) mass is 393 g/mol. The lowest BCUT2D eigenvalue weighted by atomic mass is 9.93. The van der Waals surface area contributed by atoms with Gasteiger partial charge >= 0.3 is 0 Å². The molecule has 1 amide bonds. The molecule has 0 radical (unpaired) electrons. The fourth-order valence-corrected chi connectivity index (χ4v) is 3.40. The van der Waals surface area contributed by atoms with E-state index in [-0.39, 0.29) is 18.3 Å². The van der Waals surface area contributed by atoms with Gasteiger partial charge in [0.05, 0.1) is 6.54 Å². The molecular weight excluding hydrogens is 368 g/mol. The summed E-state index contributed by atoms with van der Waals surface area (Å²) in [6.07, 6.45) is 3.46. The number of hydrogen-bond donors (Lipinski definition) is 2. The van der Waals surface area contributed by atoms with Crippen LogP contribution in [0, 0.1) is 5.92 Å². The van der Waals surface area contributed by atoms with Gasteiger partial charge in [0.1, 0.15) is 0 Å². The van der Waals surface area contributed by atoms with Crippen molar-refractivity contribution >= 4 is 35.8 Å². The van der Waals surface area contributed by atoms with Crippen LogP contribution >= 0.6 is 24.2 Å². The van der Waals surface area contributed by atoms with E-state index in [4.69, 9.17) is 0 Å². The van der Waals surface area contributed by atoms with Crippen LogP contribution in [0.25, 0.3) is 0 Å². The third-order valence-corrected chi connectivity index (χ3v) is 4.96. The summed E-state index contributed by atoms with van der Waals surface area (Å²) < 4.78 is 24.5. The van der Waals surface area contributed by atoms with E-state index in [1.807, 2.05) is 7.05 Å². The number of hydrogen-bond acceptors (Lipinski definition) is 4. The summed E-state index contributed by atoms with van der Waals surface area (Å²) in [5.74, 6) is -1.74. The van der Waals surface area contributed by atoms with Crippen molar-refractivity contribution in [3.63, 3.8) is 0 Å². The second-order valence-electron chi connectivity index (χ2n) is 6.06. The van der Waals surface area contributed by atoms with Gasteiger partial charge in [-0.2, -0.15) is 8.78 Å². The Balaban J connectivity index is 0.00000312. The van der Waals surface area contributed by atoms with E-state index in [9.17, 15) is 13.6 Å². The molecule has 0 aliphatic carbocycles. The number of nitrogens with one attached hydrogen (secondary N) is 2. The molecule has 2 N–H and O–H groups in total. The van der Waals surface area contributed by atoms with Crippen LogP contribution in [0.3, 0.4) is 0 Å². The van der Waals surface area contributed by atoms with Crippen LogP contribution in [0.1, 0.15) is 19.3 Å². The Hall–Kier alpha value is -0.890. The maximum atomic E-state index is 12.3. The number of alkyl halides is 2. The molecule has 0 atom stereocenters. The number of likely N-dealkylation sites (tertiary alicyclic amines) is 1. The van der Waals surface area contributed by atoms with Crippen LogP contribution in [0.15, 0.2) is 29.2 Å². The van der Waals surface area contributed by atoms with E-state index >= 15 is 0 Å². The van der Waals surface area contributed by atoms with Crippen LogP contribution in [-0.4, -0.2) is 49.8 Å². The predicted octanol–water partition coefficient (Wildman–Crippen LogP) is 3.68. The minimum atomic E-state index is -2.43. The highest BCUT2D eigenvalue weighted by atomic mass is 35.5. The summed E-state index contributed by atoms with van der Waals surface area (Å²) in [6.45, 7) is 3.33. The normalized spacial score (nSPS) is 15.8. The molecule has 0 bridgehead atoms. The summed E-state index contributed by atoms with van der Waals surface area (Å²) in [7, 11) is 1.97. The molecular formula is C17H26ClF2N3OS. The van der Waals surface area contributed by atoms with Gasteiger partial charge in [-0.25, -0.2) is 0 Å². The Morgan fingerprint density at radius 1 is 1.28 bits per heavy atom. The first-order valence-corrected chi connectivity index (χ1v) is 9.16. The summed E-state index contributed by atoms with van der Waals surface area (Å²) in [5.41, 5.74) is 0.641. The molecule has 1 saturated heterocycles. The average Bonchev–Trinajstić information content (AvgIpc) is 2.55. The largest absolute Gasteiger partial charge is 0.325 e. The number of anilines is 1. The van der Waals surface area contributed by atoms with Crippen LogP contribution < -0.4 is 10.6 Å². The molecule has 2 rings (SSSR count). The molecule has 4 nitrogen and oxygen atoms in total. The van der Waals surface area contributed by atoms with E-state index in [1.165, 1.54) is 6.42 Å². The Kier molecular flexibility index (Phi) is 10.3. The van der Waals surface area contributed by atoms with Gasteiger partial charge in [-0.15, -0.1) is 12.4 Å². The fraction of sp³-hybridized carbons (Fsp3) is 0.588. The summed E-state index contributed by atoms with van der Waals surface area (Å²) >= 11 is 0.501. The molecule has 0 aromatic heterocycles. The molecule has 1 aromatic carbocycles. The highest BCUT2D eigenvalue weighted by Gasteiger charge is 2.20. The smallest absolute Gasteiger partial charge is 0.288 e. The van der Waals surface area contributed by atoms with Gasteiger partial charge in [0.25, 0.3) is 5.76 Å². The third-order valence-electron chi connectivity index (χ3n) is 4.24. The highest BCUT2D eigenvalue weighted by Crippen LogP contribution is 2.26. The maximum absolute atomic E-state index is 12.3. The minimum Gasteiger partial charge on any atom is -0.325 e. The number of rotatable bonds is 8. The van der Waals surface area contributed by atoms with Gasteiger partial charge in [0.2, 0.25) is 5.91 Å². The molecule has 0 spiro atoms. The number of carbonyl (C=O) groups excluding carboxylic acids is 1. The number of piperidine rings is 1. The quantitative estimate of drug-likeness (QED) is 0.661. The van der Waals surface area contributed by atoms with E-state index in [2.05, 4.69) is 15.5 Å². The van der Waals surface area contributed by atoms with E-state index in [1.54, 1.807) is 24.3 Å². The number of amides is 1. The first-order chi connectivity index (χ1) is 11.6. The number of nitrogens with zero attached hydrogens (tertiary/aromatic N) is 1. The number of carbonyl (C=O) groups is 1. The molecule has 0 saturated carbocycles. The van der Waals surface area contributed by atoms with Crippen molar-refractivity contribution in [2.24, 2.45) is 5.92 Å². The Morgan fingerprint density at radius 2 is 1.92 bits per heavy atom. The van der Waals surface area contributed by atoms with Gasteiger partial charge in [-0.3, -0.25) is 9.69 Å². The van der Waals surface area contributed by atoms with Crippen molar-refractivity contribution in [2.75, 3.05) is 38.5 Å². The van der Waals surface area contributed by atoms with E-state index in [0.29, 0.717) is 28.9 Å². The SMILES string of the molecule is CNCCC1CCN(CC(=O)Nc2ccc(SC(F)F)cc2)CC1.Cl. The lowest BCUT2D eigenvalue weighted by Gasteiger charge is -2.31. The van der Waals surface area contributed by atoms with Gasteiger partial charge < -0.3 is 10.6 Å². The molecule has 142 valence electrons. The molecule has 1 heterocycles. The maximum Gasteiger partial charge on any atom is 0.288 e.